The van der Waals surface area contributed by atoms with Gasteiger partial charge in [0.05, 0.1) is 12.2 Å². The molecular weight excluding hydrogens is 507 g/mol. The Morgan fingerprint density at radius 1 is 1.24 bits per heavy atom. The molecule has 1 saturated heterocycles. The van der Waals surface area contributed by atoms with Gasteiger partial charge in [0, 0.05) is 0 Å². The van der Waals surface area contributed by atoms with Crippen molar-refractivity contribution in [2.75, 3.05) is 6.61 Å². The van der Waals surface area contributed by atoms with Gasteiger partial charge in [0.2, 0.25) is 11.7 Å². The molecule has 0 saturated carbocycles. The molecule has 1 amide bonds. The summed E-state index contributed by atoms with van der Waals surface area (Å²) in [4.78, 5) is 50.6. The van der Waals surface area contributed by atoms with E-state index in [1.54, 1.807) is 31.0 Å². The van der Waals surface area contributed by atoms with Gasteiger partial charge in [0.1, 0.15) is 36.7 Å². The predicted octanol–water partition coefficient (Wildman–Crippen LogP) is -1.36. The molecule has 1 aromatic heterocycles. The van der Waals surface area contributed by atoms with Gasteiger partial charge in [-0.3, -0.25) is 19.1 Å². The third kappa shape index (κ3) is 6.64. The number of phenolic OH excluding ortho intramolecular Hbond substituents is 1. The molecule has 13 nitrogen and oxygen atoms in total. The third-order valence-electron chi connectivity index (χ3n) is 6.42. The molecule has 2 aromatic rings. The summed E-state index contributed by atoms with van der Waals surface area (Å²) in [5.41, 5.74) is 4.37. The van der Waals surface area contributed by atoms with Crippen LogP contribution in [0.25, 0.3) is 0 Å². The van der Waals surface area contributed by atoms with Gasteiger partial charge in [-0.2, -0.15) is 4.39 Å². The van der Waals surface area contributed by atoms with E-state index in [0.717, 1.165) is 0 Å². The number of aliphatic hydroxyl groups excluding tert-OH is 2. The van der Waals surface area contributed by atoms with Gasteiger partial charge in [-0.25, -0.2) is 9.59 Å². The number of ether oxygens (including phenoxy) is 2. The number of rotatable bonds is 10. The summed E-state index contributed by atoms with van der Waals surface area (Å²) in [6.07, 6.45) is -5.00. The van der Waals surface area contributed by atoms with Crippen LogP contribution in [-0.2, 0) is 25.5 Å². The fourth-order valence-electron chi connectivity index (χ4n) is 3.91. The number of hydrogen-bond donors (Lipinski definition) is 6. The van der Waals surface area contributed by atoms with Crippen LogP contribution in [0, 0.1) is 11.7 Å². The van der Waals surface area contributed by atoms with Crippen LogP contribution >= 0.6 is 0 Å². The van der Waals surface area contributed by atoms with Gasteiger partial charge >= 0.3 is 11.7 Å². The number of nitrogens with one attached hydrogen (secondary N) is 2. The maximum absolute atomic E-state index is 13.7. The lowest BCUT2D eigenvalue weighted by molar-refractivity contribution is -0.155. The van der Waals surface area contributed by atoms with Crippen LogP contribution in [0.1, 0.15) is 32.1 Å². The molecule has 7 N–H and O–H groups in total. The molecule has 0 aliphatic carbocycles. The van der Waals surface area contributed by atoms with E-state index in [2.05, 4.69) is 5.32 Å². The number of phenols is 1. The highest BCUT2D eigenvalue weighted by Gasteiger charge is 2.45. The minimum Gasteiger partial charge on any atom is -0.508 e. The number of benzene rings is 1. The number of esters is 1. The highest BCUT2D eigenvalue weighted by Crippen LogP contribution is 2.28. The number of hydrogen-bond acceptors (Lipinski definition) is 10. The fourth-order valence-corrected chi connectivity index (χ4v) is 3.91. The van der Waals surface area contributed by atoms with Crippen molar-refractivity contribution in [3.05, 3.63) is 62.7 Å². The Balaban J connectivity index is 1.63. The summed E-state index contributed by atoms with van der Waals surface area (Å²) in [5.74, 6) is -3.04. The average molecular weight is 539 g/mol. The zero-order valence-corrected chi connectivity index (χ0v) is 20.7. The maximum Gasteiger partial charge on any atom is 0.330 e. The summed E-state index contributed by atoms with van der Waals surface area (Å²) in [5, 5.41) is 32.6. The van der Waals surface area contributed by atoms with E-state index < -0.39 is 72.2 Å². The van der Waals surface area contributed by atoms with Crippen molar-refractivity contribution in [1.82, 2.24) is 14.9 Å². The number of nitrogens with two attached hydrogens (primary N) is 1. The molecule has 38 heavy (non-hydrogen) atoms. The van der Waals surface area contributed by atoms with Gasteiger partial charge in [-0.05, 0) is 30.0 Å². The van der Waals surface area contributed by atoms with Gasteiger partial charge in [-0.1, -0.05) is 32.4 Å². The van der Waals surface area contributed by atoms with Crippen LogP contribution in [0.5, 0.6) is 5.75 Å². The van der Waals surface area contributed by atoms with E-state index in [1.165, 1.54) is 12.1 Å². The monoisotopic (exact) mass is 538 g/mol. The normalized spacial score (nSPS) is 23.4. The SMILES string of the molecule is CC[C@H](C)[C@H](NC(=O)[C@@H](N)Cc1ccc(O)cc1)C(=O)OC[C@@H]1O[C@H](n2cc(F)c(=O)[nH]c2=O)C(O)C1O. The zero-order chi connectivity index (χ0) is 28.1. The average Bonchev–Trinajstić information content (AvgIpc) is 3.17. The molecule has 0 bridgehead atoms. The number of amides is 1. The Morgan fingerprint density at radius 3 is 2.53 bits per heavy atom. The van der Waals surface area contributed by atoms with Crippen molar-refractivity contribution in [2.45, 2.75) is 63.3 Å². The van der Waals surface area contributed by atoms with Crippen molar-refractivity contribution in [2.24, 2.45) is 11.7 Å². The van der Waals surface area contributed by atoms with E-state index in [1.807, 2.05) is 0 Å². The summed E-state index contributed by atoms with van der Waals surface area (Å²) in [6, 6.07) is 4.08. The highest BCUT2D eigenvalue weighted by atomic mass is 19.1. The van der Waals surface area contributed by atoms with E-state index in [-0.39, 0.29) is 18.1 Å². The van der Waals surface area contributed by atoms with Crippen molar-refractivity contribution in [1.29, 1.82) is 0 Å². The fraction of sp³-hybridized carbons (Fsp3) is 0.500. The molecule has 208 valence electrons. The van der Waals surface area contributed by atoms with Gasteiger partial charge in [0.25, 0.3) is 5.56 Å². The van der Waals surface area contributed by atoms with Crippen molar-refractivity contribution < 1.29 is 38.8 Å². The van der Waals surface area contributed by atoms with Crippen LogP contribution in [0.3, 0.4) is 0 Å². The minimum absolute atomic E-state index is 0.0690. The summed E-state index contributed by atoms with van der Waals surface area (Å²) < 4.78 is 24.9. The lowest BCUT2D eigenvalue weighted by Gasteiger charge is -2.25. The standard InChI is InChI=1S/C24H31FN4O9/c1-3-11(2)17(27-21(34)15(26)8-12-4-6-13(30)7-5-12)23(35)37-10-16-18(31)19(32)22(38-16)29-9-14(25)20(33)28-24(29)36/h4-7,9,11,15-19,22,30-32H,3,8,10,26H2,1-2H3,(H,27,34)(H,28,33,36)/t11-,15-,16-,17-,18?,19?,22-/m0/s1. The Hall–Kier alpha value is -3.59. The molecule has 2 heterocycles. The number of H-pyrrole nitrogens is 1. The van der Waals surface area contributed by atoms with Crippen LogP contribution in [0.2, 0.25) is 0 Å². The van der Waals surface area contributed by atoms with E-state index in [0.29, 0.717) is 22.7 Å². The lowest BCUT2D eigenvalue weighted by atomic mass is 9.98. The van der Waals surface area contributed by atoms with Crippen LogP contribution in [0.4, 0.5) is 4.39 Å². The third-order valence-corrected chi connectivity index (χ3v) is 6.42. The molecule has 7 atom stereocenters. The summed E-state index contributed by atoms with van der Waals surface area (Å²) in [7, 11) is 0. The van der Waals surface area contributed by atoms with E-state index in [4.69, 9.17) is 15.2 Å². The van der Waals surface area contributed by atoms with Gasteiger partial charge in [-0.15, -0.1) is 0 Å². The first-order chi connectivity index (χ1) is 17.9. The predicted molar refractivity (Wildman–Crippen MR) is 129 cm³/mol. The number of carbonyl (C=O) groups is 2. The molecule has 0 spiro atoms. The first kappa shape index (κ1) is 29.0. The smallest absolute Gasteiger partial charge is 0.330 e. The molecule has 0 radical (unpaired) electrons. The quantitative estimate of drug-likeness (QED) is 0.196. The van der Waals surface area contributed by atoms with Gasteiger partial charge < -0.3 is 35.8 Å². The molecule has 1 aliphatic heterocycles. The van der Waals surface area contributed by atoms with Crippen molar-refractivity contribution in [3.8, 4) is 5.75 Å². The molecule has 3 rings (SSSR count). The van der Waals surface area contributed by atoms with Crippen molar-refractivity contribution in [3.63, 3.8) is 0 Å². The van der Waals surface area contributed by atoms with E-state index in [9.17, 15) is 38.9 Å². The largest absolute Gasteiger partial charge is 0.508 e. The van der Waals surface area contributed by atoms with E-state index >= 15 is 0 Å². The topological polar surface area (TPSA) is 206 Å². The van der Waals surface area contributed by atoms with Crippen LogP contribution < -0.4 is 22.3 Å². The number of aromatic nitrogens is 2. The number of halogens is 1. The van der Waals surface area contributed by atoms with Crippen molar-refractivity contribution >= 4 is 11.9 Å². The lowest BCUT2D eigenvalue weighted by Crippen LogP contribution is -2.52. The first-order valence-corrected chi connectivity index (χ1v) is 12.0. The first-order valence-electron chi connectivity index (χ1n) is 12.0. The van der Waals surface area contributed by atoms with Gasteiger partial charge in [0.15, 0.2) is 6.23 Å². The highest BCUT2D eigenvalue weighted by molar-refractivity contribution is 5.87. The summed E-state index contributed by atoms with van der Waals surface area (Å²) >= 11 is 0. The second kappa shape index (κ2) is 12.3. The number of nitrogens with zero attached hydrogens (tertiary/aromatic N) is 1. The molecule has 1 aromatic carbocycles. The second-order valence-corrected chi connectivity index (χ2v) is 9.17. The van der Waals surface area contributed by atoms with Crippen LogP contribution in [0.15, 0.2) is 40.1 Å². The molecule has 1 aliphatic rings. The Kier molecular flexibility index (Phi) is 9.38. The van der Waals surface area contributed by atoms with Crippen LogP contribution in [-0.4, -0.2) is 73.7 Å². The number of aliphatic hydroxyl groups is 2. The second-order valence-electron chi connectivity index (χ2n) is 9.17. The number of aromatic hydroxyl groups is 1. The molecule has 14 heteroatoms. The molecule has 2 unspecified atom stereocenters. The minimum atomic E-state index is -1.70. The Labute approximate surface area is 216 Å². The summed E-state index contributed by atoms with van der Waals surface area (Å²) in [6.45, 7) is 2.96. The zero-order valence-electron chi connectivity index (χ0n) is 20.7. The number of aromatic amines is 1. The molecular formula is C24H31FN4O9. The molecule has 1 fully saturated rings. The maximum atomic E-state index is 13.7. The Morgan fingerprint density at radius 2 is 1.89 bits per heavy atom. The number of carbonyl (C=O) groups excluding carboxylic acids is 2. The Bertz CT molecular complexity index is 1250.